The number of amidine groups is 1. The van der Waals surface area contributed by atoms with Crippen molar-refractivity contribution in [1.29, 1.82) is 0 Å². The molecule has 0 atom stereocenters. The van der Waals surface area contributed by atoms with E-state index in [9.17, 15) is 4.79 Å². The topological polar surface area (TPSA) is 87.7 Å². The van der Waals surface area contributed by atoms with Crippen LogP contribution in [-0.4, -0.2) is 23.5 Å². The molecule has 0 aliphatic rings. The minimum atomic E-state index is -0.866. The Morgan fingerprint density at radius 1 is 1.32 bits per heavy atom. The van der Waals surface area contributed by atoms with Gasteiger partial charge in [0.1, 0.15) is 5.41 Å². The highest BCUT2D eigenvalue weighted by molar-refractivity contribution is 6.06. The zero-order valence-corrected chi connectivity index (χ0v) is 12.7. The second kappa shape index (κ2) is 8.77. The fraction of sp³-hybridized carbons (Fsp3) is 0.857. The Hall–Kier alpha value is -1.26. The molecule has 0 aromatic heterocycles. The summed E-state index contributed by atoms with van der Waals surface area (Å²) in [7, 11) is 0. The first-order valence-corrected chi connectivity index (χ1v) is 7.20. The van der Waals surface area contributed by atoms with Crippen LogP contribution in [0.3, 0.4) is 0 Å². The van der Waals surface area contributed by atoms with Crippen molar-refractivity contribution in [3.63, 3.8) is 0 Å². The average Bonchev–Trinajstić information content (AvgIpc) is 2.36. The molecule has 0 saturated carbocycles. The SMILES string of the molecule is CCCC(CCC)(C(=O)NCCC(C)C)C(N)=NO. The Bertz CT molecular complexity index is 295. The molecule has 0 bridgehead atoms. The summed E-state index contributed by atoms with van der Waals surface area (Å²) in [6, 6.07) is 0. The molecule has 4 N–H and O–H groups in total. The van der Waals surface area contributed by atoms with Gasteiger partial charge in [-0.25, -0.2) is 0 Å². The molecule has 5 heteroatoms. The molecule has 0 spiro atoms. The van der Waals surface area contributed by atoms with Gasteiger partial charge in [-0.2, -0.15) is 0 Å². The molecule has 0 radical (unpaired) electrons. The maximum atomic E-state index is 12.4. The van der Waals surface area contributed by atoms with Crippen LogP contribution < -0.4 is 11.1 Å². The Morgan fingerprint density at radius 2 is 1.84 bits per heavy atom. The fourth-order valence-electron chi connectivity index (χ4n) is 2.32. The Kier molecular flexibility index (Phi) is 8.19. The number of carbonyl (C=O) groups excluding carboxylic acids is 1. The lowest BCUT2D eigenvalue weighted by Gasteiger charge is -2.30. The third-order valence-electron chi connectivity index (χ3n) is 3.39. The van der Waals surface area contributed by atoms with E-state index in [0.717, 1.165) is 19.3 Å². The maximum absolute atomic E-state index is 12.4. The summed E-state index contributed by atoms with van der Waals surface area (Å²) in [5.41, 5.74) is 4.93. The number of rotatable bonds is 9. The minimum absolute atomic E-state index is 0.0262. The highest BCUT2D eigenvalue weighted by atomic mass is 16.4. The van der Waals surface area contributed by atoms with Gasteiger partial charge in [0, 0.05) is 6.54 Å². The molecule has 0 saturated heterocycles. The molecule has 0 fully saturated rings. The van der Waals surface area contributed by atoms with Crippen molar-refractivity contribution in [1.82, 2.24) is 5.32 Å². The fourth-order valence-corrected chi connectivity index (χ4v) is 2.32. The van der Waals surface area contributed by atoms with Crippen LogP contribution >= 0.6 is 0 Å². The van der Waals surface area contributed by atoms with Crippen LogP contribution in [0.5, 0.6) is 0 Å². The molecule has 19 heavy (non-hydrogen) atoms. The van der Waals surface area contributed by atoms with Crippen molar-refractivity contribution < 1.29 is 10.0 Å². The van der Waals surface area contributed by atoms with Crippen molar-refractivity contribution in [3.05, 3.63) is 0 Å². The molecule has 0 unspecified atom stereocenters. The van der Waals surface area contributed by atoms with E-state index in [4.69, 9.17) is 10.9 Å². The van der Waals surface area contributed by atoms with Gasteiger partial charge in [-0.3, -0.25) is 4.79 Å². The molecule has 0 rings (SSSR count). The summed E-state index contributed by atoms with van der Waals surface area (Å²) in [5.74, 6) is 0.446. The van der Waals surface area contributed by atoms with E-state index >= 15 is 0 Å². The lowest BCUT2D eigenvalue weighted by Crippen LogP contribution is -2.50. The van der Waals surface area contributed by atoms with Gasteiger partial charge in [-0.1, -0.05) is 45.7 Å². The van der Waals surface area contributed by atoms with E-state index in [-0.39, 0.29) is 11.7 Å². The van der Waals surface area contributed by atoms with Gasteiger partial charge in [0.25, 0.3) is 0 Å². The number of amides is 1. The van der Waals surface area contributed by atoms with Gasteiger partial charge >= 0.3 is 0 Å². The van der Waals surface area contributed by atoms with Gasteiger partial charge in [0.2, 0.25) is 5.91 Å². The monoisotopic (exact) mass is 271 g/mol. The summed E-state index contributed by atoms with van der Waals surface area (Å²) < 4.78 is 0. The molecular weight excluding hydrogens is 242 g/mol. The Balaban J connectivity index is 4.93. The molecule has 5 nitrogen and oxygen atoms in total. The van der Waals surface area contributed by atoms with Gasteiger partial charge in [-0.15, -0.1) is 0 Å². The predicted octanol–water partition coefficient (Wildman–Crippen LogP) is 2.48. The second-order valence-electron chi connectivity index (χ2n) is 5.51. The van der Waals surface area contributed by atoms with Crippen LogP contribution in [0, 0.1) is 11.3 Å². The van der Waals surface area contributed by atoms with Crippen LogP contribution in [0.4, 0.5) is 0 Å². The average molecular weight is 271 g/mol. The van der Waals surface area contributed by atoms with Crippen LogP contribution in [0.1, 0.15) is 59.8 Å². The molecule has 0 aromatic rings. The molecule has 0 heterocycles. The standard InChI is InChI=1S/C14H29N3O2/c1-5-8-14(9-6-2,12(15)17-19)13(18)16-10-7-11(3)4/h11,19H,5-10H2,1-4H3,(H2,15,17)(H,16,18). The highest BCUT2D eigenvalue weighted by Gasteiger charge is 2.41. The number of hydrogen-bond donors (Lipinski definition) is 3. The Morgan fingerprint density at radius 3 is 2.21 bits per heavy atom. The van der Waals surface area contributed by atoms with E-state index in [2.05, 4.69) is 24.3 Å². The smallest absolute Gasteiger partial charge is 0.233 e. The zero-order valence-electron chi connectivity index (χ0n) is 12.7. The third kappa shape index (κ3) is 5.09. The number of nitrogens with one attached hydrogen (secondary N) is 1. The van der Waals surface area contributed by atoms with Crippen LogP contribution in [0.25, 0.3) is 0 Å². The lowest BCUT2D eigenvalue weighted by atomic mass is 9.77. The van der Waals surface area contributed by atoms with Crippen LogP contribution in [0.2, 0.25) is 0 Å². The normalized spacial score (nSPS) is 12.8. The molecule has 0 aliphatic carbocycles. The molecule has 112 valence electrons. The number of hydrogen-bond acceptors (Lipinski definition) is 3. The first-order chi connectivity index (χ1) is 8.94. The van der Waals surface area contributed by atoms with Gasteiger partial charge in [0.15, 0.2) is 5.84 Å². The minimum Gasteiger partial charge on any atom is -0.409 e. The lowest BCUT2D eigenvalue weighted by molar-refractivity contribution is -0.128. The summed E-state index contributed by atoms with van der Waals surface area (Å²) >= 11 is 0. The molecule has 0 aliphatic heterocycles. The summed E-state index contributed by atoms with van der Waals surface area (Å²) in [5, 5.41) is 15.0. The van der Waals surface area contributed by atoms with Gasteiger partial charge in [-0.05, 0) is 25.2 Å². The van der Waals surface area contributed by atoms with Crippen molar-refractivity contribution in [2.24, 2.45) is 22.2 Å². The molecule has 1 amide bonds. The third-order valence-corrected chi connectivity index (χ3v) is 3.39. The largest absolute Gasteiger partial charge is 0.409 e. The van der Waals surface area contributed by atoms with Crippen molar-refractivity contribution in [3.8, 4) is 0 Å². The first-order valence-electron chi connectivity index (χ1n) is 7.20. The van der Waals surface area contributed by atoms with Gasteiger partial charge < -0.3 is 16.3 Å². The first kappa shape index (κ1) is 17.7. The predicted molar refractivity (Wildman–Crippen MR) is 78.1 cm³/mol. The van der Waals surface area contributed by atoms with E-state index < -0.39 is 5.41 Å². The number of carbonyl (C=O) groups is 1. The van der Waals surface area contributed by atoms with E-state index in [1.807, 2.05) is 13.8 Å². The van der Waals surface area contributed by atoms with Crippen LogP contribution in [-0.2, 0) is 4.79 Å². The molecule has 0 aromatic carbocycles. The summed E-state index contributed by atoms with van der Waals surface area (Å²) in [6.07, 6.45) is 3.76. The van der Waals surface area contributed by atoms with Crippen molar-refractivity contribution >= 4 is 11.7 Å². The molecular formula is C14H29N3O2. The number of oxime groups is 1. The van der Waals surface area contributed by atoms with E-state index in [1.54, 1.807) is 0 Å². The van der Waals surface area contributed by atoms with E-state index in [1.165, 1.54) is 0 Å². The van der Waals surface area contributed by atoms with Crippen LogP contribution in [0.15, 0.2) is 5.16 Å². The summed E-state index contributed by atoms with van der Waals surface area (Å²) in [4.78, 5) is 12.4. The summed E-state index contributed by atoms with van der Waals surface area (Å²) in [6.45, 7) is 8.85. The van der Waals surface area contributed by atoms with E-state index in [0.29, 0.717) is 25.3 Å². The zero-order chi connectivity index (χ0) is 14.9. The van der Waals surface area contributed by atoms with Gasteiger partial charge in [0.05, 0.1) is 0 Å². The number of nitrogens with zero attached hydrogens (tertiary/aromatic N) is 1. The van der Waals surface area contributed by atoms with Crippen molar-refractivity contribution in [2.45, 2.75) is 59.8 Å². The number of nitrogens with two attached hydrogens (primary N) is 1. The maximum Gasteiger partial charge on any atom is 0.233 e. The highest BCUT2D eigenvalue weighted by Crippen LogP contribution is 2.30. The van der Waals surface area contributed by atoms with Crippen molar-refractivity contribution in [2.75, 3.05) is 6.54 Å². The quantitative estimate of drug-likeness (QED) is 0.260. The second-order valence-corrected chi connectivity index (χ2v) is 5.51. The Labute approximate surface area is 116 Å².